The van der Waals surface area contributed by atoms with Crippen LogP contribution in [-0.2, 0) is 16.8 Å². The molecule has 0 saturated carbocycles. The Kier molecular flexibility index (Phi) is 7.17. The van der Waals surface area contributed by atoms with E-state index in [-0.39, 0.29) is 40.0 Å². The number of fused-ring (bicyclic) bond motifs is 1. The van der Waals surface area contributed by atoms with E-state index >= 15 is 0 Å². The molecule has 0 aliphatic rings. The van der Waals surface area contributed by atoms with Crippen LogP contribution >= 0.6 is 11.3 Å². The number of thiazole rings is 1. The molecular weight excluding hydrogens is 602 g/mol. The molecule has 6 aromatic rings. The Hall–Kier alpha value is -5.06. The van der Waals surface area contributed by atoms with Gasteiger partial charge in [-0.05, 0) is 42.8 Å². The van der Waals surface area contributed by atoms with Crippen molar-refractivity contribution < 1.29 is 21.8 Å². The minimum Gasteiger partial charge on any atom is -0.347 e. The van der Waals surface area contributed by atoms with Crippen molar-refractivity contribution in [3.05, 3.63) is 106 Å². The number of imidazole rings is 1. The lowest BCUT2D eigenvalue weighted by Gasteiger charge is -2.20. The second-order valence-electron chi connectivity index (χ2n) is 9.16. The summed E-state index contributed by atoms with van der Waals surface area (Å²) in [4.78, 5) is 33.3. The molecule has 0 bridgehead atoms. The monoisotopic (exact) mass is 622 g/mol. The van der Waals surface area contributed by atoms with Gasteiger partial charge in [-0.3, -0.25) is 13.9 Å². The first-order valence-electron chi connectivity index (χ1n) is 12.5. The van der Waals surface area contributed by atoms with Gasteiger partial charge in [-0.15, -0.1) is 11.3 Å². The fraction of sp³-hybridized carbons (Fsp3) is 0.0741. The highest BCUT2D eigenvalue weighted by atomic mass is 32.2. The van der Waals surface area contributed by atoms with Crippen molar-refractivity contribution in [2.45, 2.75) is 13.5 Å². The van der Waals surface area contributed by atoms with Crippen LogP contribution in [0.5, 0.6) is 0 Å². The third-order valence-corrected chi connectivity index (χ3v) is 8.13. The maximum atomic E-state index is 15.0. The van der Waals surface area contributed by atoms with Gasteiger partial charge in [-0.25, -0.2) is 23.7 Å². The van der Waals surface area contributed by atoms with E-state index < -0.39 is 33.2 Å². The van der Waals surface area contributed by atoms with Gasteiger partial charge in [0.1, 0.15) is 23.1 Å². The van der Waals surface area contributed by atoms with Crippen LogP contribution in [0.2, 0.25) is 0 Å². The number of aromatic amines is 1. The lowest BCUT2D eigenvalue weighted by atomic mass is 10.0. The first kappa shape index (κ1) is 28.1. The number of hydrogen-bond donors (Lipinski definition) is 3. The molecule has 0 aliphatic heterocycles. The Balaban J connectivity index is 1.63. The number of pyridine rings is 1. The van der Waals surface area contributed by atoms with Gasteiger partial charge < -0.3 is 10.3 Å². The molecule has 3 N–H and O–H groups in total. The minimum absolute atomic E-state index is 0.00508. The van der Waals surface area contributed by atoms with Gasteiger partial charge in [0, 0.05) is 41.0 Å². The number of nitrogens with one attached hydrogen (secondary N) is 2. The minimum atomic E-state index is -4.80. The third kappa shape index (κ3) is 5.33. The van der Waals surface area contributed by atoms with Gasteiger partial charge in [-0.2, -0.15) is 17.7 Å². The number of aryl methyl sites for hydroxylation is 1. The van der Waals surface area contributed by atoms with E-state index in [1.54, 1.807) is 30.8 Å². The zero-order chi connectivity index (χ0) is 30.3. The Morgan fingerprint density at radius 1 is 1.07 bits per heavy atom. The van der Waals surface area contributed by atoms with Crippen molar-refractivity contribution in [2.24, 2.45) is 0 Å². The highest BCUT2D eigenvalue weighted by molar-refractivity contribution is 7.87. The number of hydrogen-bond acceptors (Lipinski definition) is 9. The lowest BCUT2D eigenvalue weighted by Crippen LogP contribution is -2.25. The zero-order valence-electron chi connectivity index (χ0n) is 22.1. The van der Waals surface area contributed by atoms with Gasteiger partial charge in [-0.1, -0.05) is 12.1 Å². The van der Waals surface area contributed by atoms with Crippen molar-refractivity contribution in [2.75, 3.05) is 9.62 Å². The van der Waals surface area contributed by atoms with Crippen LogP contribution in [0.4, 0.5) is 25.5 Å². The Labute approximate surface area is 246 Å². The fourth-order valence-electron chi connectivity index (χ4n) is 4.53. The SMILES string of the molecule is Cc1ccc(N(c2nccs2)S(=O)(=O)O)cc1-c1nc(NCc2ncc[nH]2)nc2c1ccc(=O)n2-c1c(F)cccc1F. The highest BCUT2D eigenvalue weighted by Gasteiger charge is 2.26. The van der Waals surface area contributed by atoms with Gasteiger partial charge in [0.05, 0.1) is 17.9 Å². The summed E-state index contributed by atoms with van der Waals surface area (Å²) in [6.45, 7) is 1.89. The lowest BCUT2D eigenvalue weighted by molar-refractivity contribution is 0.483. The molecule has 0 spiro atoms. The maximum absolute atomic E-state index is 15.0. The van der Waals surface area contributed by atoms with E-state index in [0.717, 1.165) is 34.1 Å². The average molecular weight is 623 g/mol. The number of nitrogens with zero attached hydrogens (tertiary/aromatic N) is 6. The molecule has 218 valence electrons. The van der Waals surface area contributed by atoms with E-state index in [2.05, 4.69) is 30.2 Å². The number of halogens is 2. The molecule has 43 heavy (non-hydrogen) atoms. The summed E-state index contributed by atoms with van der Waals surface area (Å²) in [5.74, 6) is -1.43. The molecule has 4 aromatic heterocycles. The summed E-state index contributed by atoms with van der Waals surface area (Å²) in [7, 11) is -4.80. The number of rotatable bonds is 8. The van der Waals surface area contributed by atoms with E-state index in [9.17, 15) is 26.5 Å². The molecule has 0 fully saturated rings. The van der Waals surface area contributed by atoms with Crippen molar-refractivity contribution >= 4 is 49.4 Å². The highest BCUT2D eigenvalue weighted by Crippen LogP contribution is 2.36. The fourth-order valence-corrected chi connectivity index (χ4v) is 6.13. The number of para-hydroxylation sites is 1. The summed E-state index contributed by atoms with van der Waals surface area (Å²) in [5, 5.41) is 4.79. The van der Waals surface area contributed by atoms with Crippen LogP contribution in [0.1, 0.15) is 11.4 Å². The predicted octanol–water partition coefficient (Wildman–Crippen LogP) is 4.77. The topological polar surface area (TPSA) is 159 Å². The molecule has 16 heteroatoms. The zero-order valence-corrected chi connectivity index (χ0v) is 23.7. The molecule has 0 atom stereocenters. The number of aromatic nitrogens is 6. The van der Waals surface area contributed by atoms with Crippen LogP contribution in [0.25, 0.3) is 28.0 Å². The normalized spacial score (nSPS) is 11.6. The Morgan fingerprint density at radius 2 is 1.86 bits per heavy atom. The van der Waals surface area contributed by atoms with Gasteiger partial charge >= 0.3 is 10.3 Å². The van der Waals surface area contributed by atoms with Crippen LogP contribution in [-0.4, -0.2) is 42.5 Å². The largest absolute Gasteiger partial charge is 0.366 e. The average Bonchev–Trinajstić information content (AvgIpc) is 3.68. The molecule has 6 rings (SSSR count). The molecule has 12 nitrogen and oxygen atoms in total. The molecule has 0 saturated heterocycles. The Bertz CT molecular complexity index is 2120. The molecule has 0 aliphatic carbocycles. The van der Waals surface area contributed by atoms with E-state index in [4.69, 9.17) is 0 Å². The Morgan fingerprint density at radius 3 is 2.53 bits per heavy atom. The van der Waals surface area contributed by atoms with E-state index in [1.807, 2.05) is 0 Å². The van der Waals surface area contributed by atoms with Crippen LogP contribution in [0.15, 0.2) is 77.3 Å². The summed E-state index contributed by atoms with van der Waals surface area (Å²) in [6, 6.07) is 10.4. The third-order valence-electron chi connectivity index (χ3n) is 6.41. The second kappa shape index (κ2) is 11.0. The van der Waals surface area contributed by atoms with Gasteiger partial charge in [0.25, 0.3) is 5.56 Å². The summed E-state index contributed by atoms with van der Waals surface area (Å²) < 4.78 is 66.4. The van der Waals surface area contributed by atoms with Crippen LogP contribution in [0, 0.1) is 18.6 Å². The molecule has 0 unspecified atom stereocenters. The van der Waals surface area contributed by atoms with Crippen molar-refractivity contribution in [3.8, 4) is 16.9 Å². The first-order chi connectivity index (χ1) is 20.6. The molecule has 4 heterocycles. The number of anilines is 3. The van der Waals surface area contributed by atoms with Gasteiger partial charge in [0.2, 0.25) is 11.1 Å². The standard InChI is InChI=1S/C27H20F2N8O4S2/c1-15-5-6-16(37(43(39,40)41)27-32-11-12-42-27)13-18(15)23-17-7-8-22(38)36(24-19(28)3-2-4-20(24)29)25(17)35-26(34-23)33-14-21-30-9-10-31-21/h2-13H,14H2,1H3,(H,30,31)(H,33,34,35)(H,39,40,41). The van der Waals surface area contributed by atoms with Gasteiger partial charge in [0.15, 0.2) is 5.65 Å². The summed E-state index contributed by atoms with van der Waals surface area (Å²) >= 11 is 0.995. The smallest absolute Gasteiger partial charge is 0.347 e. The molecule has 0 radical (unpaired) electrons. The van der Waals surface area contributed by atoms with Crippen molar-refractivity contribution in [3.63, 3.8) is 0 Å². The predicted molar refractivity (Wildman–Crippen MR) is 157 cm³/mol. The number of benzene rings is 2. The van der Waals surface area contributed by atoms with Crippen molar-refractivity contribution in [1.82, 2.24) is 29.5 Å². The first-order valence-corrected chi connectivity index (χ1v) is 14.8. The van der Waals surface area contributed by atoms with E-state index in [1.165, 1.54) is 30.5 Å². The van der Waals surface area contributed by atoms with Crippen molar-refractivity contribution in [1.29, 1.82) is 0 Å². The summed E-state index contributed by atoms with van der Waals surface area (Å²) in [5.41, 5.74) is -0.203. The second-order valence-corrected chi connectivity index (χ2v) is 11.3. The number of H-pyrrole nitrogens is 1. The van der Waals surface area contributed by atoms with E-state index in [0.29, 0.717) is 21.3 Å². The molecule has 0 amide bonds. The quantitative estimate of drug-likeness (QED) is 0.203. The molecule has 2 aromatic carbocycles. The molecular formula is C27H20F2N8O4S2. The van der Waals surface area contributed by atoms with Crippen LogP contribution < -0.4 is 15.2 Å². The maximum Gasteiger partial charge on any atom is 0.366 e. The summed E-state index contributed by atoms with van der Waals surface area (Å²) in [6.07, 6.45) is 4.57. The van der Waals surface area contributed by atoms with Crippen LogP contribution in [0.3, 0.4) is 0 Å².